The van der Waals surface area contributed by atoms with Gasteiger partial charge >= 0.3 is 5.82 Å². The number of aromatic nitrogens is 5. The van der Waals surface area contributed by atoms with Crippen LogP contribution < -0.4 is 16.4 Å². The monoisotopic (exact) mass is 577 g/mol. The highest BCUT2D eigenvalue weighted by Gasteiger charge is 2.28. The van der Waals surface area contributed by atoms with Crippen LogP contribution in [-0.2, 0) is 22.7 Å². The predicted molar refractivity (Wildman–Crippen MR) is 153 cm³/mol. The second-order valence-corrected chi connectivity index (χ2v) is 10.2. The van der Waals surface area contributed by atoms with Crippen LogP contribution >= 0.6 is 0 Å². The number of pyridine rings is 1. The Hall–Kier alpha value is -5.31. The van der Waals surface area contributed by atoms with E-state index >= 15 is 0 Å². The number of nitrogens with two attached hydrogens (primary N) is 1. The normalized spacial score (nSPS) is 11.6. The lowest BCUT2D eigenvalue weighted by Gasteiger charge is -2.28. The summed E-state index contributed by atoms with van der Waals surface area (Å²) >= 11 is 0. The molecular formula is C27H30FN10O4+. The third-order valence-corrected chi connectivity index (χ3v) is 6.34. The Kier molecular flexibility index (Phi) is 8.81. The number of aryl methyl sites for hydroxylation is 2. The van der Waals surface area contributed by atoms with Gasteiger partial charge in [0.25, 0.3) is 0 Å². The van der Waals surface area contributed by atoms with Gasteiger partial charge in [-0.15, -0.1) is 0 Å². The summed E-state index contributed by atoms with van der Waals surface area (Å²) in [7, 11) is 3.69. The Morgan fingerprint density at radius 2 is 1.98 bits per heavy atom. The number of likely N-dealkylation sites (N-methyl/N-ethyl adjacent to an activating group) is 1. The minimum Gasteiger partial charge on any atom is -0.370 e. The zero-order chi connectivity index (χ0) is 30.4. The molecule has 0 bridgehead atoms. The molecule has 15 heteroatoms. The molecule has 218 valence electrons. The van der Waals surface area contributed by atoms with Crippen LogP contribution in [0.1, 0.15) is 17.7 Å². The topological polar surface area (TPSA) is 184 Å². The lowest BCUT2D eigenvalue weighted by Crippen LogP contribution is -2.39. The number of benzene rings is 1. The number of nitrogens with zero attached hydrogens (tertiary/aromatic N) is 7. The Morgan fingerprint density at radius 3 is 2.69 bits per heavy atom. The third kappa shape index (κ3) is 7.45. The molecule has 0 aliphatic rings. The molecule has 0 fully saturated rings. The van der Waals surface area contributed by atoms with Crippen molar-refractivity contribution in [2.75, 3.05) is 31.3 Å². The number of halogens is 1. The number of carbonyl (C=O) groups is 2. The minimum atomic E-state index is -0.567. The largest absolute Gasteiger partial charge is 0.390 e. The summed E-state index contributed by atoms with van der Waals surface area (Å²) in [5.74, 6) is -0.827. The highest BCUT2D eigenvalue weighted by Crippen LogP contribution is 2.26. The number of fused-ring (bicyclic) bond motifs is 1. The number of hydrogen-bond acceptors (Lipinski definition) is 9. The number of hydrogen-bond donors (Lipinski definition) is 3. The van der Waals surface area contributed by atoms with E-state index in [4.69, 9.17) is 5.73 Å². The van der Waals surface area contributed by atoms with Crippen molar-refractivity contribution in [3.63, 3.8) is 0 Å². The first-order valence-corrected chi connectivity index (χ1v) is 12.8. The molecule has 4 aromatic rings. The van der Waals surface area contributed by atoms with Gasteiger partial charge in [-0.25, -0.2) is 19.3 Å². The van der Waals surface area contributed by atoms with Crippen LogP contribution in [0, 0.1) is 22.9 Å². The lowest BCUT2D eigenvalue weighted by molar-refractivity contribution is -0.898. The van der Waals surface area contributed by atoms with Crippen molar-refractivity contribution < 1.29 is 23.4 Å². The van der Waals surface area contributed by atoms with E-state index in [2.05, 4.69) is 30.6 Å². The zero-order valence-corrected chi connectivity index (χ0v) is 23.2. The second kappa shape index (κ2) is 12.5. The number of rotatable bonds is 12. The molecule has 0 radical (unpaired) electrons. The maximum Gasteiger partial charge on any atom is 0.390 e. The maximum absolute atomic E-state index is 13.7. The molecule has 14 nitrogen and oxygen atoms in total. The van der Waals surface area contributed by atoms with Crippen LogP contribution in [0.2, 0.25) is 0 Å². The molecule has 0 saturated heterocycles. The van der Waals surface area contributed by atoms with Gasteiger partial charge in [0.15, 0.2) is 5.69 Å². The van der Waals surface area contributed by atoms with Gasteiger partial charge in [-0.1, -0.05) is 0 Å². The minimum absolute atomic E-state index is 0.0203. The van der Waals surface area contributed by atoms with E-state index in [9.17, 15) is 24.1 Å². The van der Waals surface area contributed by atoms with Gasteiger partial charge in [0.05, 0.1) is 32.4 Å². The Morgan fingerprint density at radius 1 is 1.19 bits per heavy atom. The van der Waals surface area contributed by atoms with E-state index in [0.29, 0.717) is 40.2 Å². The standard InChI is InChI=1S/C27H29FN10O4/c1-17-11-18(6-7-20(17)28)34-26-19-12-24(30-13-21(19)31-15-32-26)35-25(40)5-4-10-38(2,3)14-22-27(37(41)42)33-16-36(22)9-8-23(29)39/h4-7,11-13,15-16H,8-10,14H2,1-3H3,(H3-,29,30,31,32,34,35,39,40)/p+1/b5-4+. The van der Waals surface area contributed by atoms with E-state index in [1.54, 1.807) is 35.8 Å². The predicted octanol–water partition coefficient (Wildman–Crippen LogP) is 2.97. The average molecular weight is 578 g/mol. The number of imidazole rings is 1. The Bertz CT molecular complexity index is 1680. The van der Waals surface area contributed by atoms with Crippen molar-refractivity contribution in [2.24, 2.45) is 5.73 Å². The van der Waals surface area contributed by atoms with Crippen molar-refractivity contribution in [3.05, 3.63) is 82.5 Å². The first-order chi connectivity index (χ1) is 19.9. The van der Waals surface area contributed by atoms with Gasteiger partial charge in [-0.3, -0.25) is 9.59 Å². The summed E-state index contributed by atoms with van der Waals surface area (Å²) < 4.78 is 15.5. The molecule has 0 atom stereocenters. The van der Waals surface area contributed by atoms with Crippen LogP contribution in [0.3, 0.4) is 0 Å². The molecule has 0 spiro atoms. The molecule has 0 aliphatic carbocycles. The molecular weight excluding hydrogens is 547 g/mol. The highest BCUT2D eigenvalue weighted by atomic mass is 19.1. The van der Waals surface area contributed by atoms with Crippen LogP contribution in [0.5, 0.6) is 0 Å². The van der Waals surface area contributed by atoms with Crippen molar-refractivity contribution in [1.29, 1.82) is 0 Å². The van der Waals surface area contributed by atoms with Gasteiger partial charge in [-0.05, 0) is 52.7 Å². The molecule has 1 aromatic carbocycles. The number of quaternary nitrogens is 1. The number of carbonyl (C=O) groups excluding carboxylic acids is 2. The number of primary amides is 1. The van der Waals surface area contributed by atoms with E-state index in [1.807, 2.05) is 14.1 Å². The first-order valence-electron chi connectivity index (χ1n) is 12.8. The Balaban J connectivity index is 1.43. The fourth-order valence-electron chi connectivity index (χ4n) is 4.20. The summed E-state index contributed by atoms with van der Waals surface area (Å²) in [6.07, 6.45) is 7.23. The van der Waals surface area contributed by atoms with Crippen LogP contribution in [0.4, 0.5) is 27.5 Å². The van der Waals surface area contributed by atoms with Gasteiger partial charge < -0.3 is 35.5 Å². The van der Waals surface area contributed by atoms with Crippen molar-refractivity contribution in [2.45, 2.75) is 26.4 Å². The maximum atomic E-state index is 13.7. The molecule has 3 heterocycles. The quantitative estimate of drug-likeness (QED) is 0.0986. The van der Waals surface area contributed by atoms with Crippen molar-refractivity contribution >= 4 is 45.9 Å². The Labute approximate surface area is 239 Å². The molecule has 3 aromatic heterocycles. The zero-order valence-electron chi connectivity index (χ0n) is 23.2. The smallest absolute Gasteiger partial charge is 0.370 e. The highest BCUT2D eigenvalue weighted by molar-refractivity contribution is 6.00. The molecule has 0 unspecified atom stereocenters. The summed E-state index contributed by atoms with van der Waals surface area (Å²) in [6.45, 7) is 2.41. The van der Waals surface area contributed by atoms with Crippen LogP contribution in [0.25, 0.3) is 10.9 Å². The fraction of sp³-hybridized carbons (Fsp3) is 0.259. The molecule has 4 rings (SSSR count). The van der Waals surface area contributed by atoms with E-state index in [-0.39, 0.29) is 41.4 Å². The average Bonchev–Trinajstić information content (AvgIpc) is 3.31. The van der Waals surface area contributed by atoms with Crippen LogP contribution in [-0.4, -0.2) is 66.4 Å². The summed E-state index contributed by atoms with van der Waals surface area (Å²) in [4.78, 5) is 51.4. The van der Waals surface area contributed by atoms with Gasteiger partial charge in [0.1, 0.15) is 30.3 Å². The number of nitro groups is 1. The summed E-state index contributed by atoms with van der Waals surface area (Å²) in [5.41, 5.74) is 7.24. The lowest BCUT2D eigenvalue weighted by atomic mass is 10.2. The summed E-state index contributed by atoms with van der Waals surface area (Å²) in [6, 6.07) is 6.25. The van der Waals surface area contributed by atoms with E-state index in [0.717, 1.165) is 0 Å². The summed E-state index contributed by atoms with van der Waals surface area (Å²) in [5, 5.41) is 17.9. The molecule has 42 heavy (non-hydrogen) atoms. The second-order valence-electron chi connectivity index (χ2n) is 10.2. The molecule has 2 amide bonds. The number of nitrogens with one attached hydrogen (secondary N) is 2. The van der Waals surface area contributed by atoms with E-state index in [1.165, 1.54) is 31.0 Å². The SMILES string of the molecule is Cc1cc(Nc2ncnc3cnc(NC(=O)/C=C/C[N+](C)(C)Cc4c([N+](=O)[O-])ncn4CCC(N)=O)cc23)ccc1F. The van der Waals surface area contributed by atoms with Gasteiger partial charge in [0, 0.05) is 30.1 Å². The molecule has 0 aliphatic heterocycles. The third-order valence-electron chi connectivity index (χ3n) is 6.34. The van der Waals surface area contributed by atoms with Crippen LogP contribution in [0.15, 0.2) is 55.3 Å². The number of amides is 2. The molecule has 0 saturated carbocycles. The van der Waals surface area contributed by atoms with Crippen molar-refractivity contribution in [3.8, 4) is 0 Å². The van der Waals surface area contributed by atoms with Gasteiger partial charge in [0.2, 0.25) is 18.1 Å². The van der Waals surface area contributed by atoms with E-state index < -0.39 is 16.7 Å². The van der Waals surface area contributed by atoms with Crippen molar-refractivity contribution in [1.82, 2.24) is 24.5 Å². The first kappa shape index (κ1) is 29.7. The van der Waals surface area contributed by atoms with Gasteiger partial charge in [-0.2, -0.15) is 0 Å². The molecule has 4 N–H and O–H groups in total. The fourth-order valence-corrected chi connectivity index (χ4v) is 4.20. The number of anilines is 3.